The number of rotatable bonds is 16. The van der Waals surface area contributed by atoms with Gasteiger partial charge >= 0.3 is 0 Å². The molecule has 0 bridgehead atoms. The highest BCUT2D eigenvalue weighted by Crippen LogP contribution is 2.28. The molecule has 0 N–H and O–H groups in total. The number of allylic oxidation sites excluding steroid dienone is 4. The van der Waals surface area contributed by atoms with Crippen LogP contribution in [0.15, 0.2) is 66.8 Å². The molecule has 1 nitrogen and oxygen atoms in total. The molecule has 1 rings (SSSR count). The van der Waals surface area contributed by atoms with Crippen molar-refractivity contribution in [1.82, 2.24) is 0 Å². The van der Waals surface area contributed by atoms with Crippen LogP contribution in [0, 0.1) is 5.41 Å². The third-order valence-corrected chi connectivity index (χ3v) is 5.73. The summed E-state index contributed by atoms with van der Waals surface area (Å²) >= 11 is 0. The summed E-state index contributed by atoms with van der Waals surface area (Å²) in [4.78, 5) is 0. The number of hydrogen-bond acceptors (Lipinski definition) is 1. The molecule has 1 aromatic carbocycles. The molecular weight excluding hydrogens is 364 g/mol. The highest BCUT2D eigenvalue weighted by molar-refractivity contribution is 5.24. The average Bonchev–Trinajstić information content (AvgIpc) is 2.66. The minimum atomic E-state index is -0.0867. The summed E-state index contributed by atoms with van der Waals surface area (Å²) in [5, 5.41) is 0. The van der Waals surface area contributed by atoms with Crippen LogP contribution in [-0.4, -0.2) is 12.2 Å². The quantitative estimate of drug-likeness (QED) is 0.195. The summed E-state index contributed by atoms with van der Waals surface area (Å²) in [6.07, 6.45) is 14.5. The first-order valence-electron chi connectivity index (χ1n) is 11.8. The fraction of sp³-hybridized carbons (Fsp3) is 0.586. The van der Waals surface area contributed by atoms with E-state index in [-0.39, 0.29) is 11.0 Å². The molecule has 0 saturated heterocycles. The fourth-order valence-corrected chi connectivity index (χ4v) is 3.66. The molecule has 0 heterocycles. The van der Waals surface area contributed by atoms with E-state index in [2.05, 4.69) is 90.3 Å². The molecule has 0 radical (unpaired) electrons. The lowest BCUT2D eigenvalue weighted by Gasteiger charge is -2.30. The van der Waals surface area contributed by atoms with Crippen LogP contribution >= 0.6 is 0 Å². The van der Waals surface area contributed by atoms with Gasteiger partial charge in [-0.25, -0.2) is 0 Å². The zero-order chi connectivity index (χ0) is 22.5. The lowest BCUT2D eigenvalue weighted by Crippen LogP contribution is -2.27. The molecule has 1 aromatic rings. The summed E-state index contributed by atoms with van der Waals surface area (Å²) in [5.41, 5.74) is 3.96. The highest BCUT2D eigenvalue weighted by atomic mass is 16.5. The van der Waals surface area contributed by atoms with E-state index in [0.29, 0.717) is 0 Å². The van der Waals surface area contributed by atoms with Gasteiger partial charge in [0, 0.05) is 6.61 Å². The van der Waals surface area contributed by atoms with E-state index >= 15 is 0 Å². The Bertz CT molecular complexity index is 648. The topological polar surface area (TPSA) is 9.23 Å². The van der Waals surface area contributed by atoms with Crippen LogP contribution in [0.25, 0.3) is 0 Å². The van der Waals surface area contributed by atoms with Crippen molar-refractivity contribution in [3.63, 3.8) is 0 Å². The van der Waals surface area contributed by atoms with E-state index in [4.69, 9.17) is 4.74 Å². The smallest absolute Gasteiger partial charge is 0.0626 e. The minimum Gasteiger partial charge on any atom is -0.376 e. The molecule has 0 aliphatic heterocycles. The Kier molecular flexibility index (Phi) is 12.0. The van der Waals surface area contributed by atoms with E-state index in [1.165, 1.54) is 36.0 Å². The van der Waals surface area contributed by atoms with Gasteiger partial charge in [0.15, 0.2) is 0 Å². The fourth-order valence-electron chi connectivity index (χ4n) is 3.66. The normalized spacial score (nSPS) is 12.4. The Morgan fingerprint density at radius 3 is 2.07 bits per heavy atom. The van der Waals surface area contributed by atoms with E-state index in [1.807, 2.05) is 0 Å². The molecule has 168 valence electrons. The van der Waals surface area contributed by atoms with Crippen molar-refractivity contribution in [3.05, 3.63) is 72.4 Å². The van der Waals surface area contributed by atoms with Gasteiger partial charge in [0.05, 0.1) is 5.60 Å². The highest BCUT2D eigenvalue weighted by Gasteiger charge is 2.22. The van der Waals surface area contributed by atoms with Crippen LogP contribution in [0.1, 0.15) is 91.5 Å². The van der Waals surface area contributed by atoms with Gasteiger partial charge < -0.3 is 4.74 Å². The SMILES string of the molecule is C=C(/C=C/C(=C)CCCC(C)(C)OCCC(C)(C)Cc1ccccc1)CCCCC. The van der Waals surface area contributed by atoms with E-state index in [9.17, 15) is 0 Å². The van der Waals surface area contributed by atoms with Crippen LogP contribution < -0.4 is 0 Å². The molecule has 1 heteroatoms. The maximum absolute atomic E-state index is 6.28. The molecule has 0 saturated carbocycles. The molecule has 0 aliphatic carbocycles. The lowest BCUT2D eigenvalue weighted by atomic mass is 9.83. The van der Waals surface area contributed by atoms with Gasteiger partial charge in [-0.3, -0.25) is 0 Å². The van der Waals surface area contributed by atoms with Crippen molar-refractivity contribution in [2.45, 2.75) is 98.0 Å². The van der Waals surface area contributed by atoms with Crippen molar-refractivity contribution >= 4 is 0 Å². The van der Waals surface area contributed by atoms with E-state index < -0.39 is 0 Å². The molecule has 0 unspecified atom stereocenters. The Morgan fingerprint density at radius 1 is 0.867 bits per heavy atom. The first-order valence-corrected chi connectivity index (χ1v) is 11.8. The summed E-state index contributed by atoms with van der Waals surface area (Å²) in [5.74, 6) is 0. The van der Waals surface area contributed by atoms with Gasteiger partial charge in [0.1, 0.15) is 0 Å². The molecule has 0 spiro atoms. The largest absolute Gasteiger partial charge is 0.376 e. The van der Waals surface area contributed by atoms with Gasteiger partial charge in [-0.15, -0.1) is 0 Å². The monoisotopic (exact) mass is 410 g/mol. The van der Waals surface area contributed by atoms with Crippen molar-refractivity contribution < 1.29 is 4.74 Å². The predicted molar refractivity (Wildman–Crippen MR) is 134 cm³/mol. The zero-order valence-corrected chi connectivity index (χ0v) is 20.4. The van der Waals surface area contributed by atoms with Crippen molar-refractivity contribution in [2.24, 2.45) is 5.41 Å². The number of unbranched alkanes of at least 4 members (excludes halogenated alkanes) is 2. The Morgan fingerprint density at radius 2 is 1.47 bits per heavy atom. The third-order valence-electron chi connectivity index (χ3n) is 5.73. The zero-order valence-electron chi connectivity index (χ0n) is 20.4. The van der Waals surface area contributed by atoms with Crippen molar-refractivity contribution in [2.75, 3.05) is 6.61 Å². The van der Waals surface area contributed by atoms with Gasteiger partial charge in [-0.2, -0.15) is 0 Å². The van der Waals surface area contributed by atoms with E-state index in [0.717, 1.165) is 45.1 Å². The Hall–Kier alpha value is -1.60. The van der Waals surface area contributed by atoms with Crippen molar-refractivity contribution in [1.29, 1.82) is 0 Å². The van der Waals surface area contributed by atoms with Crippen molar-refractivity contribution in [3.8, 4) is 0 Å². The molecule has 0 aromatic heterocycles. The Labute approximate surface area is 187 Å². The second-order valence-corrected chi connectivity index (χ2v) is 10.1. The van der Waals surface area contributed by atoms with Crippen LogP contribution in [0.3, 0.4) is 0 Å². The number of benzene rings is 1. The van der Waals surface area contributed by atoms with Gasteiger partial charge in [0.25, 0.3) is 0 Å². The summed E-state index contributed by atoms with van der Waals surface area (Å²) in [6.45, 7) is 20.5. The van der Waals surface area contributed by atoms with Crippen LogP contribution in [0.2, 0.25) is 0 Å². The van der Waals surface area contributed by atoms with E-state index in [1.54, 1.807) is 0 Å². The first-order chi connectivity index (χ1) is 14.1. The lowest BCUT2D eigenvalue weighted by molar-refractivity contribution is -0.0352. The van der Waals surface area contributed by atoms with Gasteiger partial charge in [-0.05, 0) is 69.8 Å². The minimum absolute atomic E-state index is 0.0867. The maximum atomic E-state index is 6.28. The first kappa shape index (κ1) is 26.4. The second-order valence-electron chi connectivity index (χ2n) is 10.1. The summed E-state index contributed by atoms with van der Waals surface area (Å²) < 4.78 is 6.28. The predicted octanol–water partition coefficient (Wildman–Crippen LogP) is 8.86. The molecule has 0 fully saturated rings. The standard InChI is InChI=1S/C29H46O/c1-8-9-11-15-25(2)19-20-26(3)16-14-21-29(6,7)30-23-22-28(4,5)24-27-17-12-10-13-18-27/h10,12-13,17-20H,2-3,8-9,11,14-16,21-24H2,1,4-7H3/b20-19+. The van der Waals surface area contributed by atoms with Gasteiger partial charge in [0.2, 0.25) is 0 Å². The maximum Gasteiger partial charge on any atom is 0.0626 e. The molecule has 0 amide bonds. The second kappa shape index (κ2) is 13.7. The molecule has 0 aliphatic rings. The molecule has 30 heavy (non-hydrogen) atoms. The van der Waals surface area contributed by atoms with Crippen LogP contribution in [0.5, 0.6) is 0 Å². The number of hydrogen-bond donors (Lipinski definition) is 0. The summed E-state index contributed by atoms with van der Waals surface area (Å²) in [7, 11) is 0. The van der Waals surface area contributed by atoms with Crippen LogP contribution in [0.4, 0.5) is 0 Å². The van der Waals surface area contributed by atoms with Gasteiger partial charge in [-0.1, -0.05) is 100 Å². The molecule has 0 atom stereocenters. The number of ether oxygens (including phenoxy) is 1. The Balaban J connectivity index is 2.26. The third kappa shape index (κ3) is 12.9. The average molecular weight is 411 g/mol. The van der Waals surface area contributed by atoms with Crippen LogP contribution in [-0.2, 0) is 11.2 Å². The summed E-state index contributed by atoms with van der Waals surface area (Å²) in [6, 6.07) is 10.8. The molecular formula is C29H46O.